The fourth-order valence-electron chi connectivity index (χ4n) is 3.42. The van der Waals surface area contributed by atoms with Gasteiger partial charge in [0.05, 0.1) is 12.0 Å². The van der Waals surface area contributed by atoms with Gasteiger partial charge in [-0.2, -0.15) is 4.98 Å². The minimum absolute atomic E-state index is 0.0298. The molecule has 29 heavy (non-hydrogen) atoms. The molecule has 1 aromatic heterocycles. The van der Waals surface area contributed by atoms with E-state index in [4.69, 9.17) is 9.26 Å². The van der Waals surface area contributed by atoms with Gasteiger partial charge in [-0.25, -0.2) is 0 Å². The topological polar surface area (TPSA) is 68.5 Å². The quantitative estimate of drug-likeness (QED) is 0.602. The summed E-state index contributed by atoms with van der Waals surface area (Å²) in [6.45, 7) is 4.69. The number of aromatic nitrogens is 2. The van der Waals surface area contributed by atoms with Crippen molar-refractivity contribution in [2.45, 2.75) is 45.1 Å². The van der Waals surface area contributed by atoms with Gasteiger partial charge >= 0.3 is 0 Å². The van der Waals surface area contributed by atoms with Crippen molar-refractivity contribution in [2.24, 2.45) is 0 Å². The average Bonchev–Trinajstić information content (AvgIpc) is 3.25. The van der Waals surface area contributed by atoms with E-state index in [9.17, 15) is 4.79 Å². The van der Waals surface area contributed by atoms with E-state index in [-0.39, 0.29) is 17.9 Å². The third kappa shape index (κ3) is 4.31. The van der Waals surface area contributed by atoms with Gasteiger partial charge in [0.15, 0.2) is 0 Å². The van der Waals surface area contributed by atoms with Crippen molar-refractivity contribution in [1.82, 2.24) is 10.1 Å². The molecule has 4 rings (SSSR count). The van der Waals surface area contributed by atoms with Crippen molar-refractivity contribution in [1.29, 1.82) is 0 Å². The Kier molecular flexibility index (Phi) is 5.60. The second-order valence-corrected chi connectivity index (χ2v) is 7.39. The summed E-state index contributed by atoms with van der Waals surface area (Å²) >= 11 is 0. The summed E-state index contributed by atoms with van der Waals surface area (Å²) in [6.07, 6.45) is 2.32. The molecule has 1 aliphatic rings. The molecule has 0 aliphatic carbocycles. The van der Waals surface area contributed by atoms with Crippen LogP contribution in [0.4, 0.5) is 5.69 Å². The van der Waals surface area contributed by atoms with E-state index in [1.54, 1.807) is 4.90 Å². The molecule has 6 heteroatoms. The Hall–Kier alpha value is -3.15. The molecule has 1 amide bonds. The van der Waals surface area contributed by atoms with Crippen LogP contribution in [0.1, 0.15) is 44.9 Å². The highest BCUT2D eigenvalue weighted by Crippen LogP contribution is 2.31. The number of para-hydroxylation sites is 1. The van der Waals surface area contributed by atoms with Crippen LogP contribution in [0, 0.1) is 0 Å². The highest BCUT2D eigenvalue weighted by Gasteiger charge is 2.31. The van der Waals surface area contributed by atoms with Crippen molar-refractivity contribution in [3.63, 3.8) is 0 Å². The molecule has 0 N–H and O–H groups in total. The number of anilines is 1. The number of hydrogen-bond donors (Lipinski definition) is 0. The first-order valence-corrected chi connectivity index (χ1v) is 10.1. The van der Waals surface area contributed by atoms with Gasteiger partial charge in [-0.1, -0.05) is 30.3 Å². The summed E-state index contributed by atoms with van der Waals surface area (Å²) in [7, 11) is 0. The van der Waals surface area contributed by atoms with Gasteiger partial charge in [0.25, 0.3) is 0 Å². The highest BCUT2D eigenvalue weighted by atomic mass is 16.5. The number of hydrogen-bond acceptors (Lipinski definition) is 5. The zero-order valence-corrected chi connectivity index (χ0v) is 16.7. The number of carbonyl (C=O) groups excluding carboxylic acids is 1. The molecule has 1 fully saturated rings. The molecule has 0 spiro atoms. The van der Waals surface area contributed by atoms with E-state index in [0.29, 0.717) is 31.1 Å². The summed E-state index contributed by atoms with van der Waals surface area (Å²) in [4.78, 5) is 18.8. The van der Waals surface area contributed by atoms with E-state index in [0.717, 1.165) is 23.4 Å². The number of amides is 1. The maximum atomic E-state index is 12.4. The summed E-state index contributed by atoms with van der Waals surface area (Å²) in [6, 6.07) is 17.4. The molecular formula is C23H25N3O3. The Labute approximate surface area is 170 Å². The van der Waals surface area contributed by atoms with Crippen LogP contribution in [0.15, 0.2) is 59.1 Å². The van der Waals surface area contributed by atoms with Crippen molar-refractivity contribution in [3.05, 3.63) is 60.5 Å². The van der Waals surface area contributed by atoms with Gasteiger partial charge in [0, 0.05) is 24.2 Å². The molecule has 2 heterocycles. The summed E-state index contributed by atoms with van der Waals surface area (Å²) in [5.74, 6) is 2.12. The van der Waals surface area contributed by atoms with Crippen LogP contribution >= 0.6 is 0 Å². The fourth-order valence-corrected chi connectivity index (χ4v) is 3.42. The Morgan fingerprint density at radius 3 is 2.66 bits per heavy atom. The smallest absolute Gasteiger partial charge is 0.231 e. The van der Waals surface area contributed by atoms with Crippen LogP contribution in [0.3, 0.4) is 0 Å². The Morgan fingerprint density at radius 2 is 1.93 bits per heavy atom. The lowest BCUT2D eigenvalue weighted by atomic mass is 9.97. The van der Waals surface area contributed by atoms with Crippen LogP contribution in [0.5, 0.6) is 5.75 Å². The molecule has 1 saturated heterocycles. The van der Waals surface area contributed by atoms with Crippen molar-refractivity contribution >= 4 is 11.6 Å². The number of nitrogens with zero attached hydrogens (tertiary/aromatic N) is 3. The first kappa shape index (κ1) is 19.2. The molecule has 1 aliphatic heterocycles. The SMILES string of the molecule is CCC(C)Oc1ccc(-c2noc(C3CCC(=O)N(c4ccccc4)C3)n2)cc1. The van der Waals surface area contributed by atoms with Crippen LogP contribution in [0.25, 0.3) is 11.4 Å². The standard InChI is InChI=1S/C23H25N3O3/c1-3-16(2)28-20-12-9-17(10-13-20)22-24-23(29-25-22)18-11-14-21(27)26(15-18)19-7-5-4-6-8-19/h4-10,12-13,16,18H,3,11,14-15H2,1-2H3. The molecule has 3 aromatic rings. The zero-order chi connectivity index (χ0) is 20.2. The monoisotopic (exact) mass is 391 g/mol. The van der Waals surface area contributed by atoms with E-state index in [2.05, 4.69) is 17.1 Å². The van der Waals surface area contributed by atoms with Gasteiger partial charge in [0.2, 0.25) is 17.6 Å². The summed E-state index contributed by atoms with van der Waals surface area (Å²) < 4.78 is 11.4. The lowest BCUT2D eigenvalue weighted by Gasteiger charge is -2.30. The molecule has 6 nitrogen and oxygen atoms in total. The maximum Gasteiger partial charge on any atom is 0.231 e. The predicted octanol–water partition coefficient (Wildman–Crippen LogP) is 4.82. The first-order chi connectivity index (χ1) is 14.1. The van der Waals surface area contributed by atoms with Gasteiger partial charge in [-0.15, -0.1) is 0 Å². The van der Waals surface area contributed by atoms with Crippen LogP contribution in [-0.2, 0) is 4.79 Å². The number of piperidine rings is 1. The third-order valence-corrected chi connectivity index (χ3v) is 5.29. The highest BCUT2D eigenvalue weighted by molar-refractivity contribution is 5.94. The maximum absolute atomic E-state index is 12.4. The molecule has 2 unspecified atom stereocenters. The van der Waals surface area contributed by atoms with Crippen LogP contribution in [0.2, 0.25) is 0 Å². The van der Waals surface area contributed by atoms with Gasteiger partial charge in [0.1, 0.15) is 5.75 Å². The summed E-state index contributed by atoms with van der Waals surface area (Å²) in [5.41, 5.74) is 1.78. The number of carbonyl (C=O) groups is 1. The molecule has 150 valence electrons. The number of benzene rings is 2. The van der Waals surface area contributed by atoms with E-state index in [1.165, 1.54) is 0 Å². The van der Waals surface area contributed by atoms with Gasteiger partial charge < -0.3 is 14.2 Å². The Balaban J connectivity index is 1.48. The zero-order valence-electron chi connectivity index (χ0n) is 16.7. The third-order valence-electron chi connectivity index (χ3n) is 5.29. The van der Waals surface area contributed by atoms with Crippen LogP contribution < -0.4 is 9.64 Å². The Morgan fingerprint density at radius 1 is 1.17 bits per heavy atom. The predicted molar refractivity (Wildman–Crippen MR) is 111 cm³/mol. The minimum atomic E-state index is 0.0298. The lowest BCUT2D eigenvalue weighted by molar-refractivity contribution is -0.119. The van der Waals surface area contributed by atoms with Crippen molar-refractivity contribution in [3.8, 4) is 17.1 Å². The molecule has 0 bridgehead atoms. The molecular weight excluding hydrogens is 366 g/mol. The van der Waals surface area contributed by atoms with Crippen molar-refractivity contribution in [2.75, 3.05) is 11.4 Å². The van der Waals surface area contributed by atoms with E-state index in [1.807, 2.05) is 61.5 Å². The van der Waals surface area contributed by atoms with E-state index < -0.39 is 0 Å². The lowest BCUT2D eigenvalue weighted by Crippen LogP contribution is -2.39. The average molecular weight is 391 g/mol. The second kappa shape index (κ2) is 8.47. The van der Waals surface area contributed by atoms with Gasteiger partial charge in [-0.3, -0.25) is 4.79 Å². The first-order valence-electron chi connectivity index (χ1n) is 10.1. The largest absolute Gasteiger partial charge is 0.491 e. The molecule has 2 atom stereocenters. The summed E-state index contributed by atoms with van der Waals surface area (Å²) in [5, 5.41) is 4.15. The minimum Gasteiger partial charge on any atom is -0.491 e. The van der Waals surface area contributed by atoms with E-state index >= 15 is 0 Å². The van der Waals surface area contributed by atoms with Gasteiger partial charge in [-0.05, 0) is 56.2 Å². The fraction of sp³-hybridized carbons (Fsp3) is 0.348. The normalized spacial score (nSPS) is 17.9. The molecule has 0 radical (unpaired) electrons. The van der Waals surface area contributed by atoms with Crippen LogP contribution in [-0.4, -0.2) is 28.7 Å². The van der Waals surface area contributed by atoms with Crippen molar-refractivity contribution < 1.29 is 14.1 Å². The second-order valence-electron chi connectivity index (χ2n) is 7.39. The number of ether oxygens (including phenoxy) is 1. The Bertz CT molecular complexity index is 953. The molecule has 2 aromatic carbocycles. The molecule has 0 saturated carbocycles. The number of rotatable bonds is 6.